The first-order valence-corrected chi connectivity index (χ1v) is 15.5. The molecule has 10 nitrogen and oxygen atoms in total. The van der Waals surface area contributed by atoms with E-state index in [4.69, 9.17) is 14.9 Å². The number of amides is 1. The molecule has 0 aliphatic carbocycles. The summed E-state index contributed by atoms with van der Waals surface area (Å²) in [5.41, 5.74) is 2.37. The van der Waals surface area contributed by atoms with Gasteiger partial charge in [-0.15, -0.1) is 0 Å². The number of nitrogens with one attached hydrogen (secondary N) is 4. The van der Waals surface area contributed by atoms with Crippen LogP contribution in [0.1, 0.15) is 103 Å². The molecule has 1 aromatic rings. The van der Waals surface area contributed by atoms with Gasteiger partial charge in [0.2, 0.25) is 0 Å². The summed E-state index contributed by atoms with van der Waals surface area (Å²) in [4.78, 5) is 23.1. The third-order valence-corrected chi connectivity index (χ3v) is 7.73. The van der Waals surface area contributed by atoms with Gasteiger partial charge in [0, 0.05) is 50.9 Å². The Hall–Kier alpha value is -2.72. The maximum absolute atomic E-state index is 12.6. The van der Waals surface area contributed by atoms with E-state index in [9.17, 15) is 9.59 Å². The van der Waals surface area contributed by atoms with Crippen LogP contribution in [0, 0.1) is 17.2 Å². The molecule has 3 aliphatic rings. The lowest BCUT2D eigenvalue weighted by Crippen LogP contribution is -2.49. The van der Waals surface area contributed by atoms with Crippen LogP contribution in [0.2, 0.25) is 0 Å². The number of aryl methyl sites for hydroxylation is 1. The molecule has 3 atom stereocenters. The first-order valence-electron chi connectivity index (χ1n) is 15.5. The normalized spacial score (nSPS) is 20.0. The molecule has 3 aliphatic heterocycles. The van der Waals surface area contributed by atoms with E-state index in [0.717, 1.165) is 88.5 Å². The highest BCUT2D eigenvalue weighted by atomic mass is 16.5. The van der Waals surface area contributed by atoms with Crippen LogP contribution in [0.5, 0.6) is 0 Å². The Bertz CT molecular complexity index is 950. The van der Waals surface area contributed by atoms with E-state index < -0.39 is 0 Å². The molecule has 2 fully saturated rings. The van der Waals surface area contributed by atoms with Gasteiger partial charge < -0.3 is 35.6 Å². The van der Waals surface area contributed by atoms with E-state index in [2.05, 4.69) is 34.9 Å². The lowest BCUT2D eigenvalue weighted by Gasteiger charge is -2.31. The van der Waals surface area contributed by atoms with Crippen LogP contribution >= 0.6 is 0 Å². The molecule has 0 radical (unpaired) electrons. The number of nitrogens with zero attached hydrogens (tertiary/aromatic N) is 2. The Morgan fingerprint density at radius 3 is 2.49 bits per heavy atom. The first-order chi connectivity index (χ1) is 19.7. The smallest absolute Gasteiger partial charge is 0.270 e. The second-order valence-electron chi connectivity index (χ2n) is 11.3. The van der Waals surface area contributed by atoms with Gasteiger partial charge in [-0.1, -0.05) is 20.3 Å². The predicted octanol–water partition coefficient (Wildman–Crippen LogP) is 4.81. The average molecular weight is 575 g/mol. The molecule has 232 valence electrons. The fraction of sp³-hybridized carbons (Fsp3) is 0.742. The molecule has 41 heavy (non-hydrogen) atoms. The van der Waals surface area contributed by atoms with Gasteiger partial charge >= 0.3 is 0 Å². The van der Waals surface area contributed by atoms with Crippen LogP contribution in [0.25, 0.3) is 0 Å². The van der Waals surface area contributed by atoms with Gasteiger partial charge in [0.25, 0.3) is 5.91 Å². The summed E-state index contributed by atoms with van der Waals surface area (Å²) in [5.74, 6) is 1.64. The molecule has 1 amide bonds. The maximum Gasteiger partial charge on any atom is 0.270 e. The molecule has 4 N–H and O–H groups in total. The quantitative estimate of drug-likeness (QED) is 0.279. The lowest BCUT2D eigenvalue weighted by atomic mass is 9.95. The number of hydrogen-bond acceptors (Lipinski definition) is 8. The van der Waals surface area contributed by atoms with Crippen molar-refractivity contribution in [2.75, 3.05) is 26.5 Å². The van der Waals surface area contributed by atoms with Crippen molar-refractivity contribution in [1.29, 1.82) is 5.41 Å². The Morgan fingerprint density at radius 2 is 1.93 bits per heavy atom. The second kappa shape index (κ2) is 19.4. The fourth-order valence-corrected chi connectivity index (χ4v) is 4.99. The molecule has 0 saturated carbocycles. The molecule has 0 aromatic carbocycles. The summed E-state index contributed by atoms with van der Waals surface area (Å²) in [5, 5.41) is 20.9. The number of ketones is 1. The third kappa shape index (κ3) is 13.2. The minimum absolute atomic E-state index is 0.00866. The van der Waals surface area contributed by atoms with Gasteiger partial charge in [-0.05, 0) is 83.6 Å². The monoisotopic (exact) mass is 574 g/mol. The van der Waals surface area contributed by atoms with Crippen molar-refractivity contribution < 1.29 is 19.1 Å². The van der Waals surface area contributed by atoms with Gasteiger partial charge in [0.1, 0.15) is 11.5 Å². The largest absolute Gasteiger partial charge is 0.381 e. The van der Waals surface area contributed by atoms with E-state index >= 15 is 0 Å². The molecule has 0 bridgehead atoms. The number of rotatable bonds is 11. The molecule has 2 saturated heterocycles. The van der Waals surface area contributed by atoms with Crippen molar-refractivity contribution in [3.8, 4) is 0 Å². The molecule has 1 aromatic heterocycles. The average Bonchev–Trinajstić information content (AvgIpc) is 3.69. The number of ether oxygens (including phenoxy) is 2. The van der Waals surface area contributed by atoms with Gasteiger partial charge in [0.15, 0.2) is 0 Å². The molecule has 4 rings (SSSR count). The number of carbonyl (C=O) groups is 2. The Kier molecular flexibility index (Phi) is 16.3. The van der Waals surface area contributed by atoms with Crippen molar-refractivity contribution in [2.45, 2.75) is 111 Å². The number of carbonyl (C=O) groups excluding carboxylic acids is 2. The third-order valence-electron chi connectivity index (χ3n) is 7.73. The van der Waals surface area contributed by atoms with Gasteiger partial charge in [0.05, 0.1) is 24.5 Å². The van der Waals surface area contributed by atoms with E-state index in [1.54, 1.807) is 23.9 Å². The summed E-state index contributed by atoms with van der Waals surface area (Å²) in [6, 6.07) is 1.58. The summed E-state index contributed by atoms with van der Waals surface area (Å²) >= 11 is 0. The van der Waals surface area contributed by atoms with Crippen molar-refractivity contribution in [2.24, 2.45) is 11.8 Å². The Balaban J connectivity index is 0.000000257. The number of hydrogen-bond donors (Lipinski definition) is 4. The summed E-state index contributed by atoms with van der Waals surface area (Å²) in [7, 11) is 0. The molecular weight excluding hydrogens is 520 g/mol. The minimum atomic E-state index is -0.164. The van der Waals surface area contributed by atoms with E-state index in [0.29, 0.717) is 30.6 Å². The molecule has 10 heteroatoms. The minimum Gasteiger partial charge on any atom is -0.381 e. The maximum atomic E-state index is 12.6. The van der Waals surface area contributed by atoms with Gasteiger partial charge in [-0.2, -0.15) is 5.10 Å². The van der Waals surface area contributed by atoms with E-state index in [-0.39, 0.29) is 18.1 Å². The van der Waals surface area contributed by atoms with Crippen LogP contribution in [0.3, 0.4) is 0 Å². The Morgan fingerprint density at radius 1 is 1.17 bits per heavy atom. The lowest BCUT2D eigenvalue weighted by molar-refractivity contribution is -0.117. The van der Waals surface area contributed by atoms with Crippen molar-refractivity contribution in [3.05, 3.63) is 29.9 Å². The fourth-order valence-electron chi connectivity index (χ4n) is 4.99. The van der Waals surface area contributed by atoms with Crippen LogP contribution in [-0.2, 0) is 20.8 Å². The summed E-state index contributed by atoms with van der Waals surface area (Å²) in [6.07, 6.45) is 13.0. The SMILES string of the molecule is CC(=N)CC1CCOCC1.CCC(C)CCC(C)=O.CCn1nccc1C(=O)NC(C1=CNCN1)C1CCCCO1. The second-order valence-corrected chi connectivity index (χ2v) is 11.3. The summed E-state index contributed by atoms with van der Waals surface area (Å²) in [6.45, 7) is 13.8. The Labute approximate surface area is 246 Å². The van der Waals surface area contributed by atoms with Crippen LogP contribution in [0.4, 0.5) is 0 Å². The zero-order valence-electron chi connectivity index (χ0n) is 26.0. The molecule has 0 spiro atoms. The molecule has 3 unspecified atom stereocenters. The van der Waals surface area contributed by atoms with Gasteiger partial charge in [-0.25, -0.2) is 0 Å². The molecular formula is C31H54N6O4. The van der Waals surface area contributed by atoms with Crippen LogP contribution in [-0.4, -0.2) is 65.8 Å². The standard InChI is InChI=1S/C15H23N5O2.C8H15NO.C8H16O/c1-2-20-12(6-7-18-20)15(21)19-14(11-9-16-10-17-11)13-5-3-4-8-22-13;1-7(9)6-8-2-4-10-5-3-8;1-4-7(2)5-6-8(3)9/h6-7,9,13-14,16-17H,2-5,8,10H2,1H3,(H,19,21);8-9H,2-6H2,1H3;7H,4-6H2,1-3H3. The zero-order chi connectivity index (χ0) is 30.0. The first kappa shape index (κ1) is 34.5. The van der Waals surface area contributed by atoms with Crippen molar-refractivity contribution in [3.63, 3.8) is 0 Å². The topological polar surface area (TPSA) is 130 Å². The van der Waals surface area contributed by atoms with E-state index in [1.807, 2.05) is 20.0 Å². The van der Waals surface area contributed by atoms with E-state index in [1.165, 1.54) is 6.42 Å². The highest BCUT2D eigenvalue weighted by molar-refractivity contribution is 5.93. The highest BCUT2D eigenvalue weighted by Crippen LogP contribution is 2.21. The van der Waals surface area contributed by atoms with Crippen LogP contribution < -0.4 is 16.0 Å². The van der Waals surface area contributed by atoms with Crippen molar-refractivity contribution >= 4 is 17.4 Å². The molecule has 4 heterocycles. The highest BCUT2D eigenvalue weighted by Gasteiger charge is 2.31. The van der Waals surface area contributed by atoms with Crippen LogP contribution in [0.15, 0.2) is 24.2 Å². The zero-order valence-corrected chi connectivity index (χ0v) is 26.0. The van der Waals surface area contributed by atoms with Gasteiger partial charge in [-0.3, -0.25) is 9.48 Å². The number of Topliss-reactive ketones (excluding diaryl/α,β-unsaturated/α-hetero) is 1. The number of aromatic nitrogens is 2. The summed E-state index contributed by atoms with van der Waals surface area (Å²) < 4.78 is 12.8. The van der Waals surface area contributed by atoms with Crippen molar-refractivity contribution in [1.82, 2.24) is 25.7 Å². The predicted molar refractivity (Wildman–Crippen MR) is 163 cm³/mol.